The van der Waals surface area contributed by atoms with Crippen LogP contribution < -0.4 is 15.4 Å². The predicted octanol–water partition coefficient (Wildman–Crippen LogP) is 1.19. The third-order valence-electron chi connectivity index (χ3n) is 2.82. The Labute approximate surface area is 128 Å². The van der Waals surface area contributed by atoms with Crippen LogP contribution in [0.4, 0.5) is 5.82 Å². The lowest BCUT2D eigenvalue weighted by Crippen LogP contribution is -2.32. The normalized spacial score (nSPS) is 10.1. The van der Waals surface area contributed by atoms with E-state index in [4.69, 9.17) is 4.74 Å². The van der Waals surface area contributed by atoms with Crippen molar-refractivity contribution in [1.29, 1.82) is 0 Å². The van der Waals surface area contributed by atoms with Gasteiger partial charge < -0.3 is 15.4 Å². The lowest BCUT2D eigenvalue weighted by atomic mass is 10.2. The van der Waals surface area contributed by atoms with Crippen LogP contribution in [0.1, 0.15) is 17.3 Å². The maximum atomic E-state index is 11.9. The van der Waals surface area contributed by atoms with Gasteiger partial charge in [-0.25, -0.2) is 0 Å². The molecule has 0 aliphatic rings. The highest BCUT2D eigenvalue weighted by molar-refractivity contribution is 5.99. The Morgan fingerprint density at radius 1 is 1.23 bits per heavy atom. The Kier molecular flexibility index (Phi) is 5.13. The Bertz CT molecular complexity index is 649. The molecule has 0 saturated heterocycles. The molecule has 7 heteroatoms. The van der Waals surface area contributed by atoms with Gasteiger partial charge in [-0.1, -0.05) is 0 Å². The van der Waals surface area contributed by atoms with E-state index >= 15 is 0 Å². The number of hydrogen-bond donors (Lipinski definition) is 2. The fourth-order valence-electron chi connectivity index (χ4n) is 1.80. The molecule has 0 aliphatic carbocycles. The highest BCUT2D eigenvalue weighted by Crippen LogP contribution is 2.11. The summed E-state index contributed by atoms with van der Waals surface area (Å²) in [5, 5.41) is 9.16. The Morgan fingerprint density at radius 3 is 2.55 bits per heavy atom. The maximum absolute atomic E-state index is 11.9. The molecular formula is C15H18N4O3. The molecule has 7 nitrogen and oxygen atoms in total. The monoisotopic (exact) mass is 302 g/mol. The average molecular weight is 302 g/mol. The first kappa shape index (κ1) is 15.6. The van der Waals surface area contributed by atoms with Crippen LogP contribution in [-0.2, 0) is 11.8 Å². The Morgan fingerprint density at radius 2 is 1.95 bits per heavy atom. The first-order valence-corrected chi connectivity index (χ1v) is 6.89. The molecule has 0 atom stereocenters. The van der Waals surface area contributed by atoms with E-state index in [1.165, 1.54) is 0 Å². The standard InChI is InChI=1S/C15H18N4O3/c1-3-22-12-6-4-11(5-7-12)15(21)16-10-14(20)17-13-8-9-19(2)18-13/h4-9H,3,10H2,1-2H3,(H,16,21)(H,17,18,20). The third kappa shape index (κ3) is 4.34. The third-order valence-corrected chi connectivity index (χ3v) is 2.82. The number of benzene rings is 1. The largest absolute Gasteiger partial charge is 0.494 e. The van der Waals surface area contributed by atoms with Gasteiger partial charge in [0.05, 0.1) is 13.2 Å². The van der Waals surface area contributed by atoms with E-state index in [2.05, 4.69) is 15.7 Å². The van der Waals surface area contributed by atoms with Gasteiger partial charge in [0.15, 0.2) is 5.82 Å². The van der Waals surface area contributed by atoms with Crippen molar-refractivity contribution in [1.82, 2.24) is 15.1 Å². The number of carbonyl (C=O) groups is 2. The molecule has 22 heavy (non-hydrogen) atoms. The van der Waals surface area contributed by atoms with E-state index < -0.39 is 0 Å². The summed E-state index contributed by atoms with van der Waals surface area (Å²) in [7, 11) is 1.75. The van der Waals surface area contributed by atoms with Crippen molar-refractivity contribution in [3.05, 3.63) is 42.1 Å². The summed E-state index contributed by atoms with van der Waals surface area (Å²) in [6.45, 7) is 2.34. The van der Waals surface area contributed by atoms with Crippen molar-refractivity contribution in [2.75, 3.05) is 18.5 Å². The summed E-state index contributed by atoms with van der Waals surface area (Å²) in [6, 6.07) is 8.40. The fraction of sp³-hybridized carbons (Fsp3) is 0.267. The molecule has 0 saturated carbocycles. The SMILES string of the molecule is CCOc1ccc(C(=O)NCC(=O)Nc2ccn(C)n2)cc1. The van der Waals surface area contributed by atoms with Gasteiger partial charge in [-0.2, -0.15) is 5.10 Å². The van der Waals surface area contributed by atoms with Crippen LogP contribution in [0.3, 0.4) is 0 Å². The van der Waals surface area contributed by atoms with Crippen LogP contribution in [0.25, 0.3) is 0 Å². The number of aryl methyl sites for hydroxylation is 1. The summed E-state index contributed by atoms with van der Waals surface area (Å²) in [4.78, 5) is 23.6. The van der Waals surface area contributed by atoms with Crippen molar-refractivity contribution in [2.45, 2.75) is 6.92 Å². The lowest BCUT2D eigenvalue weighted by molar-refractivity contribution is -0.115. The van der Waals surface area contributed by atoms with Gasteiger partial charge in [0, 0.05) is 24.9 Å². The number of carbonyl (C=O) groups excluding carboxylic acids is 2. The van der Waals surface area contributed by atoms with E-state index in [-0.39, 0.29) is 18.4 Å². The second-order valence-electron chi connectivity index (χ2n) is 4.56. The molecule has 0 fully saturated rings. The second-order valence-corrected chi connectivity index (χ2v) is 4.56. The van der Waals surface area contributed by atoms with Gasteiger partial charge >= 0.3 is 0 Å². The minimum atomic E-state index is -0.335. The quantitative estimate of drug-likeness (QED) is 0.839. The molecule has 0 aliphatic heterocycles. The first-order valence-electron chi connectivity index (χ1n) is 6.89. The number of nitrogens with one attached hydrogen (secondary N) is 2. The number of ether oxygens (including phenoxy) is 1. The second kappa shape index (κ2) is 7.26. The van der Waals surface area contributed by atoms with Crippen LogP contribution in [-0.4, -0.2) is 34.7 Å². The summed E-state index contributed by atoms with van der Waals surface area (Å²) in [6.07, 6.45) is 1.72. The molecule has 1 heterocycles. The number of amides is 2. The van der Waals surface area contributed by atoms with Crippen LogP contribution >= 0.6 is 0 Å². The van der Waals surface area contributed by atoms with Crippen molar-refractivity contribution in [3.8, 4) is 5.75 Å². The summed E-state index contributed by atoms with van der Waals surface area (Å²) >= 11 is 0. The average Bonchev–Trinajstić information content (AvgIpc) is 2.91. The molecular weight excluding hydrogens is 284 g/mol. The van der Waals surface area contributed by atoms with Crippen molar-refractivity contribution >= 4 is 17.6 Å². The molecule has 2 amide bonds. The minimum Gasteiger partial charge on any atom is -0.494 e. The molecule has 0 radical (unpaired) electrons. The van der Waals surface area contributed by atoms with E-state index in [0.29, 0.717) is 23.7 Å². The van der Waals surface area contributed by atoms with E-state index in [1.54, 1.807) is 48.3 Å². The lowest BCUT2D eigenvalue weighted by Gasteiger charge is -2.06. The zero-order valence-corrected chi connectivity index (χ0v) is 12.5. The van der Waals surface area contributed by atoms with Crippen LogP contribution in [0, 0.1) is 0 Å². The Hall–Kier alpha value is -2.83. The highest BCUT2D eigenvalue weighted by atomic mass is 16.5. The van der Waals surface area contributed by atoms with Gasteiger partial charge in [-0.15, -0.1) is 0 Å². The van der Waals surface area contributed by atoms with E-state index in [1.807, 2.05) is 6.92 Å². The number of anilines is 1. The molecule has 116 valence electrons. The zero-order chi connectivity index (χ0) is 15.9. The van der Waals surface area contributed by atoms with E-state index in [0.717, 1.165) is 0 Å². The van der Waals surface area contributed by atoms with Crippen LogP contribution in [0.2, 0.25) is 0 Å². The topological polar surface area (TPSA) is 85.2 Å². The van der Waals surface area contributed by atoms with E-state index in [9.17, 15) is 9.59 Å². The van der Waals surface area contributed by atoms with Gasteiger partial charge in [0.1, 0.15) is 5.75 Å². The number of hydrogen-bond acceptors (Lipinski definition) is 4. The smallest absolute Gasteiger partial charge is 0.251 e. The molecule has 1 aromatic carbocycles. The first-order chi connectivity index (χ1) is 10.6. The van der Waals surface area contributed by atoms with Crippen LogP contribution in [0.5, 0.6) is 5.75 Å². The van der Waals surface area contributed by atoms with Gasteiger partial charge in [-0.05, 0) is 31.2 Å². The summed E-state index contributed by atoms with van der Waals surface area (Å²) < 4.78 is 6.88. The molecule has 0 unspecified atom stereocenters. The molecule has 0 bridgehead atoms. The molecule has 2 N–H and O–H groups in total. The van der Waals surface area contributed by atoms with Crippen molar-refractivity contribution < 1.29 is 14.3 Å². The van der Waals surface area contributed by atoms with Gasteiger partial charge in [0.25, 0.3) is 5.91 Å². The van der Waals surface area contributed by atoms with Crippen molar-refractivity contribution in [3.63, 3.8) is 0 Å². The van der Waals surface area contributed by atoms with Gasteiger partial charge in [0.2, 0.25) is 5.91 Å². The Balaban J connectivity index is 1.82. The molecule has 0 spiro atoms. The molecule has 2 rings (SSSR count). The highest BCUT2D eigenvalue weighted by Gasteiger charge is 2.09. The maximum Gasteiger partial charge on any atom is 0.251 e. The van der Waals surface area contributed by atoms with Gasteiger partial charge in [-0.3, -0.25) is 14.3 Å². The van der Waals surface area contributed by atoms with Crippen molar-refractivity contribution in [2.24, 2.45) is 7.05 Å². The van der Waals surface area contributed by atoms with Crippen LogP contribution in [0.15, 0.2) is 36.5 Å². The summed E-state index contributed by atoms with van der Waals surface area (Å²) in [5.74, 6) is 0.493. The zero-order valence-electron chi connectivity index (χ0n) is 12.5. The number of rotatable bonds is 6. The molecule has 2 aromatic rings. The summed E-state index contributed by atoms with van der Waals surface area (Å²) in [5.41, 5.74) is 0.467. The fourth-order valence-corrected chi connectivity index (χ4v) is 1.80. The number of nitrogens with zero attached hydrogens (tertiary/aromatic N) is 2. The predicted molar refractivity (Wildman–Crippen MR) is 81.8 cm³/mol. The number of aromatic nitrogens is 2. The minimum absolute atomic E-state index is 0.122. The molecule has 1 aromatic heterocycles.